The molecule has 1 amide bonds. The summed E-state index contributed by atoms with van der Waals surface area (Å²) in [5, 5.41) is 2.79. The van der Waals surface area contributed by atoms with Gasteiger partial charge in [-0.15, -0.1) is 0 Å². The summed E-state index contributed by atoms with van der Waals surface area (Å²) >= 11 is 0. The Morgan fingerprint density at radius 3 is 2.25 bits per heavy atom. The first-order valence-corrected chi connectivity index (χ1v) is 5.80. The zero-order valence-electron chi connectivity index (χ0n) is 9.49. The van der Waals surface area contributed by atoms with Gasteiger partial charge in [-0.2, -0.15) is 0 Å². The quantitative estimate of drug-likeness (QED) is 0.807. The van der Waals surface area contributed by atoms with E-state index in [1.165, 1.54) is 11.1 Å². The number of benzene rings is 1. The normalized spacial score (nSPS) is 21.6. The summed E-state index contributed by atoms with van der Waals surface area (Å²) in [6, 6.07) is 8.47. The predicted octanol–water partition coefficient (Wildman–Crippen LogP) is 1.28. The highest BCUT2D eigenvalue weighted by Crippen LogP contribution is 2.45. The van der Waals surface area contributed by atoms with Crippen LogP contribution in [-0.2, 0) is 17.9 Å². The van der Waals surface area contributed by atoms with Gasteiger partial charge in [-0.1, -0.05) is 24.3 Å². The molecule has 0 unspecified atom stereocenters. The Morgan fingerprint density at radius 2 is 1.81 bits per heavy atom. The molecule has 0 radical (unpaired) electrons. The summed E-state index contributed by atoms with van der Waals surface area (Å²) in [6.07, 6.45) is 2.00. The van der Waals surface area contributed by atoms with Crippen molar-refractivity contribution in [2.75, 3.05) is 7.05 Å². The lowest BCUT2D eigenvalue weighted by molar-refractivity contribution is -0.127. The van der Waals surface area contributed by atoms with Gasteiger partial charge in [0.15, 0.2) is 0 Å². The van der Waals surface area contributed by atoms with Crippen LogP contribution < -0.4 is 5.32 Å². The van der Waals surface area contributed by atoms with Gasteiger partial charge in [-0.25, -0.2) is 0 Å². The van der Waals surface area contributed by atoms with Crippen molar-refractivity contribution < 1.29 is 4.79 Å². The number of carbonyl (C=O) groups is 1. The van der Waals surface area contributed by atoms with Gasteiger partial charge >= 0.3 is 0 Å². The van der Waals surface area contributed by atoms with Gasteiger partial charge in [0.25, 0.3) is 0 Å². The average Bonchev–Trinajstić information content (AvgIpc) is 3.01. The first-order valence-electron chi connectivity index (χ1n) is 5.80. The molecule has 0 bridgehead atoms. The van der Waals surface area contributed by atoms with Crippen molar-refractivity contribution in [3.63, 3.8) is 0 Å². The second-order valence-corrected chi connectivity index (χ2v) is 4.74. The fourth-order valence-electron chi connectivity index (χ4n) is 2.67. The van der Waals surface area contributed by atoms with E-state index in [1.807, 2.05) is 0 Å². The molecule has 2 aliphatic rings. The SMILES string of the molecule is CNC(=O)C1(N2Cc3ccccc3C2)CC1. The number of rotatable bonds is 2. The van der Waals surface area contributed by atoms with Crippen LogP contribution in [0.4, 0.5) is 0 Å². The molecule has 84 valence electrons. The third kappa shape index (κ3) is 1.28. The zero-order chi connectivity index (χ0) is 11.2. The molecule has 1 aliphatic heterocycles. The van der Waals surface area contributed by atoms with Crippen molar-refractivity contribution in [1.29, 1.82) is 0 Å². The molecule has 1 heterocycles. The van der Waals surface area contributed by atoms with Crippen LogP contribution in [-0.4, -0.2) is 23.4 Å². The Bertz CT molecular complexity index is 412. The molecule has 16 heavy (non-hydrogen) atoms. The second kappa shape index (κ2) is 3.32. The average molecular weight is 216 g/mol. The van der Waals surface area contributed by atoms with E-state index in [4.69, 9.17) is 0 Å². The summed E-state index contributed by atoms with van der Waals surface area (Å²) in [7, 11) is 1.73. The Hall–Kier alpha value is -1.35. The van der Waals surface area contributed by atoms with Crippen LogP contribution in [0.3, 0.4) is 0 Å². The Kier molecular flexibility index (Phi) is 2.04. The molecule has 1 fully saturated rings. The van der Waals surface area contributed by atoms with E-state index in [-0.39, 0.29) is 11.4 Å². The number of hydrogen-bond acceptors (Lipinski definition) is 2. The van der Waals surface area contributed by atoms with Crippen molar-refractivity contribution in [3.8, 4) is 0 Å². The summed E-state index contributed by atoms with van der Waals surface area (Å²) in [5.74, 6) is 0.181. The number of hydrogen-bond donors (Lipinski definition) is 1. The molecule has 1 saturated carbocycles. The van der Waals surface area contributed by atoms with E-state index in [0.29, 0.717) is 0 Å². The Morgan fingerprint density at radius 1 is 1.25 bits per heavy atom. The monoisotopic (exact) mass is 216 g/mol. The zero-order valence-corrected chi connectivity index (χ0v) is 9.49. The molecule has 3 nitrogen and oxygen atoms in total. The largest absolute Gasteiger partial charge is 0.358 e. The number of nitrogens with one attached hydrogen (secondary N) is 1. The number of nitrogens with zero attached hydrogens (tertiary/aromatic N) is 1. The van der Waals surface area contributed by atoms with Gasteiger partial charge in [0.1, 0.15) is 5.54 Å². The first-order chi connectivity index (χ1) is 7.76. The molecule has 0 aromatic heterocycles. The minimum absolute atomic E-state index is 0.181. The number of carbonyl (C=O) groups excluding carboxylic acids is 1. The molecule has 1 N–H and O–H groups in total. The number of fused-ring (bicyclic) bond motifs is 1. The van der Waals surface area contributed by atoms with Crippen LogP contribution in [0.2, 0.25) is 0 Å². The summed E-state index contributed by atoms with van der Waals surface area (Å²) in [4.78, 5) is 14.2. The molecule has 3 heteroatoms. The highest BCUT2D eigenvalue weighted by Gasteiger charge is 2.55. The third-order valence-corrected chi connectivity index (χ3v) is 3.82. The molecule has 0 saturated heterocycles. The number of likely N-dealkylation sites (N-methyl/N-ethyl adjacent to an activating group) is 1. The fraction of sp³-hybridized carbons (Fsp3) is 0.462. The van der Waals surface area contributed by atoms with Gasteiger partial charge in [0.05, 0.1) is 0 Å². The van der Waals surface area contributed by atoms with Crippen molar-refractivity contribution in [2.45, 2.75) is 31.5 Å². The van der Waals surface area contributed by atoms with E-state index >= 15 is 0 Å². The summed E-state index contributed by atoms with van der Waals surface area (Å²) in [6.45, 7) is 1.84. The highest BCUT2D eigenvalue weighted by molar-refractivity contribution is 5.89. The van der Waals surface area contributed by atoms with E-state index in [9.17, 15) is 4.79 Å². The van der Waals surface area contributed by atoms with Gasteiger partial charge in [-0.05, 0) is 24.0 Å². The highest BCUT2D eigenvalue weighted by atomic mass is 16.2. The van der Waals surface area contributed by atoms with Crippen LogP contribution >= 0.6 is 0 Å². The maximum atomic E-state index is 11.9. The van der Waals surface area contributed by atoms with Crippen molar-refractivity contribution >= 4 is 5.91 Å². The lowest BCUT2D eigenvalue weighted by Crippen LogP contribution is -2.45. The number of amides is 1. The fourth-order valence-corrected chi connectivity index (χ4v) is 2.67. The minimum Gasteiger partial charge on any atom is -0.358 e. The third-order valence-electron chi connectivity index (χ3n) is 3.82. The van der Waals surface area contributed by atoms with E-state index in [1.54, 1.807) is 7.05 Å². The molecule has 1 aromatic rings. The summed E-state index contributed by atoms with van der Waals surface area (Å²) in [5.41, 5.74) is 2.55. The molecule has 0 atom stereocenters. The molecular formula is C13H16N2O. The van der Waals surface area contributed by atoms with Crippen molar-refractivity contribution in [3.05, 3.63) is 35.4 Å². The van der Waals surface area contributed by atoms with Gasteiger partial charge in [0.2, 0.25) is 5.91 Å². The molecular weight excluding hydrogens is 200 g/mol. The maximum Gasteiger partial charge on any atom is 0.240 e. The van der Waals surface area contributed by atoms with Crippen LogP contribution in [0.25, 0.3) is 0 Å². The topological polar surface area (TPSA) is 32.3 Å². The second-order valence-electron chi connectivity index (χ2n) is 4.74. The van der Waals surface area contributed by atoms with Crippen molar-refractivity contribution in [1.82, 2.24) is 10.2 Å². The van der Waals surface area contributed by atoms with Crippen molar-refractivity contribution in [2.24, 2.45) is 0 Å². The van der Waals surface area contributed by atoms with Gasteiger partial charge in [-0.3, -0.25) is 9.69 Å². The molecule has 1 aromatic carbocycles. The Labute approximate surface area is 95.4 Å². The summed E-state index contributed by atoms with van der Waals surface area (Å²) < 4.78 is 0. The first kappa shape index (κ1) is 9.85. The van der Waals surface area contributed by atoms with Crippen LogP contribution in [0, 0.1) is 0 Å². The lowest BCUT2D eigenvalue weighted by atomic mass is 10.1. The molecule has 3 rings (SSSR count). The smallest absolute Gasteiger partial charge is 0.240 e. The molecule has 0 spiro atoms. The van der Waals surface area contributed by atoms with E-state index in [2.05, 4.69) is 34.5 Å². The van der Waals surface area contributed by atoms with Crippen LogP contribution in [0.1, 0.15) is 24.0 Å². The Balaban J connectivity index is 1.84. The predicted molar refractivity (Wildman–Crippen MR) is 61.7 cm³/mol. The van der Waals surface area contributed by atoms with Crippen LogP contribution in [0.5, 0.6) is 0 Å². The van der Waals surface area contributed by atoms with Gasteiger partial charge in [0, 0.05) is 20.1 Å². The standard InChI is InChI=1S/C13H16N2O/c1-14-12(16)13(6-7-13)15-8-10-4-2-3-5-11(10)9-15/h2-5H,6-9H2,1H3,(H,14,16). The van der Waals surface area contributed by atoms with E-state index < -0.39 is 0 Å². The maximum absolute atomic E-state index is 11.9. The van der Waals surface area contributed by atoms with Gasteiger partial charge < -0.3 is 5.32 Å². The lowest BCUT2D eigenvalue weighted by Gasteiger charge is -2.25. The van der Waals surface area contributed by atoms with Crippen LogP contribution in [0.15, 0.2) is 24.3 Å². The minimum atomic E-state index is -0.201. The molecule has 1 aliphatic carbocycles. The van der Waals surface area contributed by atoms with E-state index in [0.717, 1.165) is 25.9 Å².